The molecule has 0 heterocycles. The molecule has 0 fully saturated rings. The molecule has 0 saturated carbocycles. The van der Waals surface area contributed by atoms with Crippen molar-refractivity contribution in [3.8, 4) is 5.75 Å². The summed E-state index contributed by atoms with van der Waals surface area (Å²) in [6, 6.07) is 6.65. The van der Waals surface area contributed by atoms with E-state index in [2.05, 4.69) is 9.24 Å². The fourth-order valence-electron chi connectivity index (χ4n) is 1.02. The number of carbonyl (C=O) groups is 2. The van der Waals surface area contributed by atoms with Gasteiger partial charge in [-0.3, -0.25) is 9.59 Å². The zero-order valence-corrected chi connectivity index (χ0v) is 9.84. The van der Waals surface area contributed by atoms with Crippen LogP contribution in [-0.2, 0) is 4.79 Å². The summed E-state index contributed by atoms with van der Waals surface area (Å²) in [6.07, 6.45) is 0.738. The van der Waals surface area contributed by atoms with Crippen molar-refractivity contribution in [2.45, 2.75) is 19.4 Å². The molecule has 80 valence electrons. The van der Waals surface area contributed by atoms with Crippen LogP contribution in [0.3, 0.4) is 0 Å². The smallest absolute Gasteiger partial charge is 0.178 e. The van der Waals surface area contributed by atoms with Crippen LogP contribution in [0.15, 0.2) is 24.3 Å². The Labute approximate surface area is 91.0 Å². The van der Waals surface area contributed by atoms with Gasteiger partial charge in [-0.25, -0.2) is 0 Å². The number of benzene rings is 1. The molecule has 1 atom stereocenters. The van der Waals surface area contributed by atoms with Crippen LogP contribution in [0.1, 0.15) is 24.2 Å². The predicted molar refractivity (Wildman–Crippen MR) is 61.3 cm³/mol. The molecular formula is C11H13O3P. The number of carbonyl (C=O) groups excluding carboxylic acids is 2. The topological polar surface area (TPSA) is 43.4 Å². The molecule has 4 heteroatoms. The van der Waals surface area contributed by atoms with Crippen LogP contribution < -0.4 is 4.74 Å². The van der Waals surface area contributed by atoms with Gasteiger partial charge in [0.25, 0.3) is 0 Å². The average Bonchev–Trinajstić information content (AvgIpc) is 2.18. The van der Waals surface area contributed by atoms with Gasteiger partial charge in [0.15, 0.2) is 17.4 Å². The summed E-state index contributed by atoms with van der Waals surface area (Å²) in [7, 11) is 2.10. The van der Waals surface area contributed by atoms with Gasteiger partial charge >= 0.3 is 0 Å². The molecule has 0 radical (unpaired) electrons. The van der Waals surface area contributed by atoms with Crippen LogP contribution >= 0.6 is 9.24 Å². The summed E-state index contributed by atoms with van der Waals surface area (Å²) >= 11 is 0. The van der Waals surface area contributed by atoms with Gasteiger partial charge in [0.1, 0.15) is 5.75 Å². The lowest BCUT2D eigenvalue weighted by atomic mass is 10.1. The number of rotatable bonds is 4. The normalized spacial score (nSPS) is 10.9. The van der Waals surface area contributed by atoms with E-state index in [0.717, 1.165) is 6.29 Å². The van der Waals surface area contributed by atoms with E-state index in [1.807, 2.05) is 0 Å². The monoisotopic (exact) mass is 224 g/mol. The largest absolute Gasteiger partial charge is 0.480 e. The minimum Gasteiger partial charge on any atom is -0.480 e. The predicted octanol–water partition coefficient (Wildman–Crippen LogP) is 2.06. The molecule has 1 aromatic carbocycles. The maximum atomic E-state index is 11.0. The Bertz CT molecular complexity index is 368. The summed E-state index contributed by atoms with van der Waals surface area (Å²) in [4.78, 5) is 21.6. The highest BCUT2D eigenvalue weighted by Gasteiger charge is 2.17. The third-order valence-corrected chi connectivity index (χ3v) is 2.14. The molecule has 0 saturated heterocycles. The minimum atomic E-state index is -0.841. The van der Waals surface area contributed by atoms with Crippen molar-refractivity contribution < 1.29 is 14.3 Å². The summed E-state index contributed by atoms with van der Waals surface area (Å²) in [6.45, 7) is 3.35. The van der Waals surface area contributed by atoms with Gasteiger partial charge in [0.05, 0.1) is 0 Å². The van der Waals surface area contributed by atoms with E-state index < -0.39 is 5.60 Å². The first-order valence-corrected chi connectivity index (χ1v) is 5.07. The lowest BCUT2D eigenvalue weighted by molar-refractivity contribution is -0.118. The zero-order chi connectivity index (χ0) is 11.5. The fraction of sp³-hybridized carbons (Fsp3) is 0.273. The van der Waals surface area contributed by atoms with Gasteiger partial charge in [-0.05, 0) is 38.1 Å². The number of hydrogen-bond donors (Lipinski definition) is 0. The van der Waals surface area contributed by atoms with Crippen molar-refractivity contribution in [2.24, 2.45) is 0 Å². The van der Waals surface area contributed by atoms with Crippen LogP contribution in [-0.4, -0.2) is 17.4 Å². The van der Waals surface area contributed by atoms with E-state index in [1.54, 1.807) is 38.1 Å². The van der Waals surface area contributed by atoms with E-state index in [1.165, 1.54) is 0 Å². The summed E-state index contributed by atoms with van der Waals surface area (Å²) < 4.78 is 5.40. The van der Waals surface area contributed by atoms with Crippen molar-refractivity contribution in [1.82, 2.24) is 0 Å². The highest BCUT2D eigenvalue weighted by molar-refractivity contribution is 7.41. The van der Waals surface area contributed by atoms with Crippen LogP contribution in [0.4, 0.5) is 0 Å². The van der Waals surface area contributed by atoms with E-state index in [-0.39, 0.29) is 5.52 Å². The Kier molecular flexibility index (Phi) is 3.59. The SMILES string of the molecule is CC(C)(C=O)Oc1ccc(C(=O)P)cc1. The first-order valence-electron chi connectivity index (χ1n) is 4.50. The van der Waals surface area contributed by atoms with Gasteiger partial charge in [-0.15, -0.1) is 0 Å². The van der Waals surface area contributed by atoms with Crippen molar-refractivity contribution >= 4 is 21.1 Å². The molecule has 1 unspecified atom stereocenters. The lowest BCUT2D eigenvalue weighted by Crippen LogP contribution is -2.29. The highest BCUT2D eigenvalue weighted by atomic mass is 31.0. The van der Waals surface area contributed by atoms with E-state index in [9.17, 15) is 9.59 Å². The number of aldehydes is 1. The first-order chi connectivity index (χ1) is 6.94. The van der Waals surface area contributed by atoms with Gasteiger partial charge in [0, 0.05) is 5.56 Å². The van der Waals surface area contributed by atoms with E-state index >= 15 is 0 Å². The van der Waals surface area contributed by atoms with Crippen LogP contribution in [0.2, 0.25) is 0 Å². The second-order valence-corrected chi connectivity index (χ2v) is 4.24. The van der Waals surface area contributed by atoms with Crippen molar-refractivity contribution in [1.29, 1.82) is 0 Å². The van der Waals surface area contributed by atoms with Gasteiger partial charge in [-0.2, -0.15) is 0 Å². The third kappa shape index (κ3) is 3.45. The molecule has 0 bridgehead atoms. The summed E-state index contributed by atoms with van der Waals surface area (Å²) in [5.41, 5.74) is -0.320. The summed E-state index contributed by atoms with van der Waals surface area (Å²) in [5.74, 6) is 0.571. The quantitative estimate of drug-likeness (QED) is 0.580. The second kappa shape index (κ2) is 4.54. The van der Waals surface area contributed by atoms with Gasteiger partial charge < -0.3 is 4.74 Å². The molecular weight excluding hydrogens is 211 g/mol. The molecule has 1 aromatic rings. The molecule has 3 nitrogen and oxygen atoms in total. The highest BCUT2D eigenvalue weighted by Crippen LogP contribution is 2.18. The van der Waals surface area contributed by atoms with Gasteiger partial charge in [0.2, 0.25) is 0 Å². The molecule has 0 amide bonds. The van der Waals surface area contributed by atoms with Crippen LogP contribution in [0, 0.1) is 0 Å². The minimum absolute atomic E-state index is 0.0730. The second-order valence-electron chi connectivity index (χ2n) is 3.71. The third-order valence-electron chi connectivity index (χ3n) is 1.80. The standard InChI is InChI=1S/C11H13O3P/c1-11(2,7-12)14-9-5-3-8(4-6-9)10(13)15/h3-7H,15H2,1-2H3. The fourth-order valence-corrected chi connectivity index (χ4v) is 1.21. The Morgan fingerprint density at radius 3 is 2.27 bits per heavy atom. The zero-order valence-electron chi connectivity index (χ0n) is 8.69. The summed E-state index contributed by atoms with van der Waals surface area (Å²) in [5, 5.41) is 0. The molecule has 0 aliphatic carbocycles. The molecule has 0 aromatic heterocycles. The molecule has 0 N–H and O–H groups in total. The van der Waals surface area contributed by atoms with Crippen molar-refractivity contribution in [2.75, 3.05) is 0 Å². The Morgan fingerprint density at radius 1 is 1.33 bits per heavy atom. The number of ether oxygens (including phenoxy) is 1. The Morgan fingerprint density at radius 2 is 1.87 bits per heavy atom. The molecule has 0 aliphatic heterocycles. The van der Waals surface area contributed by atoms with Crippen molar-refractivity contribution in [3.05, 3.63) is 29.8 Å². The lowest BCUT2D eigenvalue weighted by Gasteiger charge is -2.19. The van der Waals surface area contributed by atoms with E-state index in [0.29, 0.717) is 11.3 Å². The Hall–Kier alpha value is -1.21. The maximum Gasteiger partial charge on any atom is 0.178 e. The number of hydrogen-bond acceptors (Lipinski definition) is 3. The molecule has 1 rings (SSSR count). The maximum absolute atomic E-state index is 11.0. The van der Waals surface area contributed by atoms with E-state index in [4.69, 9.17) is 4.74 Å². The Balaban J connectivity index is 2.81. The van der Waals surface area contributed by atoms with Gasteiger partial charge in [-0.1, -0.05) is 9.24 Å². The van der Waals surface area contributed by atoms with Crippen LogP contribution in [0.5, 0.6) is 5.75 Å². The molecule has 0 spiro atoms. The average molecular weight is 224 g/mol. The van der Waals surface area contributed by atoms with Crippen LogP contribution in [0.25, 0.3) is 0 Å². The first kappa shape index (κ1) is 11.9. The molecule has 0 aliphatic rings. The molecule has 15 heavy (non-hydrogen) atoms. The van der Waals surface area contributed by atoms with Crippen molar-refractivity contribution in [3.63, 3.8) is 0 Å².